The van der Waals surface area contributed by atoms with Crippen molar-refractivity contribution in [2.45, 2.75) is 32.5 Å². The maximum atomic E-state index is 13.3. The lowest BCUT2D eigenvalue weighted by Gasteiger charge is -2.14. The van der Waals surface area contributed by atoms with E-state index in [1.165, 1.54) is 0 Å². The van der Waals surface area contributed by atoms with Crippen LogP contribution >= 0.6 is 0 Å². The number of hydrogen-bond acceptors (Lipinski definition) is 2. The van der Waals surface area contributed by atoms with Gasteiger partial charge >= 0.3 is 0 Å². The number of alkyl halides is 1. The molecule has 2 nitrogen and oxygen atoms in total. The van der Waals surface area contributed by atoms with Crippen molar-refractivity contribution >= 4 is 0 Å². The van der Waals surface area contributed by atoms with E-state index in [4.69, 9.17) is 5.90 Å². The molecule has 0 aromatic heterocycles. The van der Waals surface area contributed by atoms with Crippen LogP contribution in [0.25, 0.3) is 0 Å². The third-order valence-corrected chi connectivity index (χ3v) is 1.87. The molecule has 0 fully saturated rings. The summed E-state index contributed by atoms with van der Waals surface area (Å²) < 4.78 is 13.3. The number of benzene rings is 1. The first-order valence-corrected chi connectivity index (χ1v) is 4.60. The van der Waals surface area contributed by atoms with Crippen molar-refractivity contribution in [3.63, 3.8) is 0 Å². The molecule has 2 N–H and O–H groups in total. The van der Waals surface area contributed by atoms with Gasteiger partial charge in [-0.3, -0.25) is 4.84 Å². The van der Waals surface area contributed by atoms with Crippen LogP contribution in [0.4, 0.5) is 4.39 Å². The number of nitrogens with two attached hydrogens (primary N) is 1. The fourth-order valence-electron chi connectivity index (χ4n) is 1.41. The highest BCUT2D eigenvalue weighted by Crippen LogP contribution is 2.17. The summed E-state index contributed by atoms with van der Waals surface area (Å²) in [6, 6.07) is 7.60. The summed E-state index contributed by atoms with van der Waals surface area (Å²) in [5.41, 5.74) is 0.753. The smallest absolute Gasteiger partial charge is 0.109 e. The highest BCUT2D eigenvalue weighted by Gasteiger charge is 2.15. The zero-order valence-corrected chi connectivity index (χ0v) is 8.59. The molecule has 0 saturated carbocycles. The van der Waals surface area contributed by atoms with Crippen LogP contribution in [-0.4, -0.2) is 5.67 Å². The normalized spacial score (nSPS) is 11.7. The first-order valence-electron chi connectivity index (χ1n) is 4.60. The van der Waals surface area contributed by atoms with Gasteiger partial charge < -0.3 is 0 Å². The van der Waals surface area contributed by atoms with E-state index in [-0.39, 0.29) is 0 Å². The van der Waals surface area contributed by atoms with Crippen molar-refractivity contribution in [3.8, 4) is 0 Å². The van der Waals surface area contributed by atoms with E-state index in [0.717, 1.165) is 11.1 Å². The zero-order valence-electron chi connectivity index (χ0n) is 8.59. The number of hydrogen-bond donors (Lipinski definition) is 1. The molecule has 0 radical (unpaired) electrons. The van der Waals surface area contributed by atoms with E-state index in [9.17, 15) is 4.39 Å². The van der Waals surface area contributed by atoms with Crippen molar-refractivity contribution < 1.29 is 9.23 Å². The monoisotopic (exact) mass is 197 g/mol. The van der Waals surface area contributed by atoms with Crippen LogP contribution in [-0.2, 0) is 17.9 Å². The molecule has 1 aromatic rings. The third-order valence-electron chi connectivity index (χ3n) is 1.87. The van der Waals surface area contributed by atoms with Gasteiger partial charge in [-0.1, -0.05) is 24.3 Å². The molecule has 3 heteroatoms. The zero-order chi connectivity index (χ0) is 10.6. The summed E-state index contributed by atoms with van der Waals surface area (Å²) in [7, 11) is 0. The fourth-order valence-corrected chi connectivity index (χ4v) is 1.41. The Balaban J connectivity index is 2.73. The molecule has 0 atom stereocenters. The Bertz CT molecular complexity index is 294. The fraction of sp³-hybridized carbons (Fsp3) is 0.455. The van der Waals surface area contributed by atoms with Gasteiger partial charge in [-0.15, -0.1) is 0 Å². The van der Waals surface area contributed by atoms with E-state index in [2.05, 4.69) is 4.84 Å². The van der Waals surface area contributed by atoms with Gasteiger partial charge in [-0.2, -0.15) is 0 Å². The van der Waals surface area contributed by atoms with Crippen LogP contribution in [0.5, 0.6) is 0 Å². The van der Waals surface area contributed by atoms with Gasteiger partial charge in [0.1, 0.15) is 5.67 Å². The van der Waals surface area contributed by atoms with Gasteiger partial charge in [0, 0.05) is 6.42 Å². The molecule has 14 heavy (non-hydrogen) atoms. The topological polar surface area (TPSA) is 35.2 Å². The molecule has 0 bridgehead atoms. The molecule has 0 aliphatic carbocycles. The molecule has 0 spiro atoms. The molecule has 0 saturated heterocycles. The van der Waals surface area contributed by atoms with Crippen LogP contribution in [0.2, 0.25) is 0 Å². The average Bonchev–Trinajstić information content (AvgIpc) is 2.02. The minimum Gasteiger partial charge on any atom is -0.300 e. The lowest BCUT2D eigenvalue weighted by Crippen LogP contribution is -2.15. The summed E-state index contributed by atoms with van der Waals surface area (Å²) in [6.07, 6.45) is 0.408. The van der Waals surface area contributed by atoms with Gasteiger partial charge in [-0.25, -0.2) is 10.3 Å². The van der Waals surface area contributed by atoms with Gasteiger partial charge in [0.25, 0.3) is 0 Å². The molecule has 0 heterocycles. The first-order chi connectivity index (χ1) is 6.51. The second-order valence-electron chi connectivity index (χ2n) is 4.03. The summed E-state index contributed by atoms with van der Waals surface area (Å²) >= 11 is 0. The second kappa shape index (κ2) is 4.53. The van der Waals surface area contributed by atoms with Gasteiger partial charge in [0.15, 0.2) is 0 Å². The molecule has 78 valence electrons. The lowest BCUT2D eigenvalue weighted by atomic mass is 9.99. The van der Waals surface area contributed by atoms with Crippen molar-refractivity contribution in [1.29, 1.82) is 0 Å². The molecule has 0 aliphatic heterocycles. The minimum atomic E-state index is -1.18. The lowest BCUT2D eigenvalue weighted by molar-refractivity contribution is 0.124. The Morgan fingerprint density at radius 3 is 2.57 bits per heavy atom. The van der Waals surface area contributed by atoms with E-state index in [1.807, 2.05) is 24.3 Å². The third kappa shape index (κ3) is 3.85. The van der Waals surface area contributed by atoms with E-state index in [1.54, 1.807) is 13.8 Å². The summed E-state index contributed by atoms with van der Waals surface area (Å²) in [6.45, 7) is 3.50. The van der Waals surface area contributed by atoms with Crippen molar-refractivity contribution in [1.82, 2.24) is 0 Å². The highest BCUT2D eigenvalue weighted by atomic mass is 19.1. The maximum Gasteiger partial charge on any atom is 0.109 e. The quantitative estimate of drug-likeness (QED) is 0.752. The van der Waals surface area contributed by atoms with E-state index in [0.29, 0.717) is 13.0 Å². The Hall–Kier alpha value is -0.930. The number of rotatable bonds is 4. The van der Waals surface area contributed by atoms with Crippen molar-refractivity contribution in [3.05, 3.63) is 35.4 Å². The average molecular weight is 197 g/mol. The summed E-state index contributed by atoms with van der Waals surface area (Å²) in [4.78, 5) is 4.52. The highest BCUT2D eigenvalue weighted by molar-refractivity contribution is 5.24. The number of halogens is 1. The predicted octanol–water partition coefficient (Wildman–Crippen LogP) is 2.37. The Morgan fingerprint density at radius 2 is 2.00 bits per heavy atom. The molecule has 1 rings (SSSR count). The molecule has 0 amide bonds. The van der Waals surface area contributed by atoms with Crippen molar-refractivity contribution in [2.24, 2.45) is 5.90 Å². The molecule has 0 unspecified atom stereocenters. The van der Waals surface area contributed by atoms with Crippen LogP contribution in [0.1, 0.15) is 25.0 Å². The van der Waals surface area contributed by atoms with Gasteiger partial charge in [0.05, 0.1) is 6.61 Å². The van der Waals surface area contributed by atoms with E-state index >= 15 is 0 Å². The Kier molecular flexibility index (Phi) is 3.61. The minimum absolute atomic E-state index is 0.362. The van der Waals surface area contributed by atoms with Gasteiger partial charge in [0.2, 0.25) is 0 Å². The van der Waals surface area contributed by atoms with Crippen LogP contribution < -0.4 is 5.90 Å². The van der Waals surface area contributed by atoms with Crippen LogP contribution in [0.3, 0.4) is 0 Å². The van der Waals surface area contributed by atoms with Crippen LogP contribution in [0.15, 0.2) is 24.3 Å². The largest absolute Gasteiger partial charge is 0.300 e. The predicted molar refractivity (Wildman–Crippen MR) is 54.3 cm³/mol. The standard InChI is InChI=1S/C11H16FNO/c1-11(2,12)7-9-4-3-5-10(6-9)8-14-13/h3-6H,7-8,13H2,1-2H3. The van der Waals surface area contributed by atoms with Crippen molar-refractivity contribution in [2.75, 3.05) is 0 Å². The SMILES string of the molecule is CC(C)(F)Cc1cccc(CON)c1. The van der Waals surface area contributed by atoms with E-state index < -0.39 is 5.67 Å². The summed E-state index contributed by atoms with van der Waals surface area (Å²) in [5.74, 6) is 4.96. The Labute approximate surface area is 83.8 Å². The van der Waals surface area contributed by atoms with Crippen LogP contribution in [0, 0.1) is 0 Å². The molecule has 0 aliphatic rings. The molecular formula is C11H16FNO. The molecular weight excluding hydrogens is 181 g/mol. The van der Waals surface area contributed by atoms with Gasteiger partial charge in [-0.05, 0) is 25.0 Å². The first kappa shape index (κ1) is 11.1. The second-order valence-corrected chi connectivity index (χ2v) is 4.03. The molecule has 1 aromatic carbocycles. The maximum absolute atomic E-state index is 13.3. The summed E-state index contributed by atoms with van der Waals surface area (Å²) in [5, 5.41) is 0. The Morgan fingerprint density at radius 1 is 1.36 bits per heavy atom.